The first-order valence-corrected chi connectivity index (χ1v) is 6.86. The fourth-order valence-electron chi connectivity index (χ4n) is 2.62. The smallest absolute Gasteiger partial charge is 0.335 e. The van der Waals surface area contributed by atoms with Crippen LogP contribution >= 0.6 is 0 Å². The molecule has 0 radical (unpaired) electrons. The second kappa shape index (κ2) is 5.85. The Bertz CT molecular complexity index is 459. The number of amides is 1. The van der Waals surface area contributed by atoms with Gasteiger partial charge in [0.15, 0.2) is 0 Å². The van der Waals surface area contributed by atoms with Gasteiger partial charge in [0, 0.05) is 13.1 Å². The summed E-state index contributed by atoms with van der Waals surface area (Å²) in [6.45, 7) is 2.44. The third kappa shape index (κ3) is 3.32. The molecule has 0 N–H and O–H groups in total. The van der Waals surface area contributed by atoms with Gasteiger partial charge in [0.1, 0.15) is 0 Å². The van der Waals surface area contributed by atoms with Crippen molar-refractivity contribution in [1.29, 1.82) is 0 Å². The van der Waals surface area contributed by atoms with E-state index in [0.29, 0.717) is 12.8 Å². The van der Waals surface area contributed by atoms with E-state index in [1.165, 1.54) is 5.56 Å². The van der Waals surface area contributed by atoms with E-state index in [1.807, 2.05) is 12.1 Å². The summed E-state index contributed by atoms with van der Waals surface area (Å²) in [5.74, 6) is -1.46. The fraction of sp³-hybridized carbons (Fsp3) is 0.533. The summed E-state index contributed by atoms with van der Waals surface area (Å²) in [5.41, 5.74) is 2.40. The first-order valence-electron chi connectivity index (χ1n) is 6.86. The molecule has 0 aromatic heterocycles. The second-order valence-corrected chi connectivity index (χ2v) is 5.16. The van der Waals surface area contributed by atoms with Crippen LogP contribution in [-0.2, 0) is 11.2 Å². The summed E-state index contributed by atoms with van der Waals surface area (Å²) in [6, 6.07) is 8.21. The van der Waals surface area contributed by atoms with Crippen molar-refractivity contribution in [1.82, 2.24) is 4.90 Å². The van der Waals surface area contributed by atoms with Crippen LogP contribution in [0.2, 0.25) is 0 Å². The molecule has 2 rings (SSSR count). The van der Waals surface area contributed by atoms with Gasteiger partial charge in [-0.1, -0.05) is 31.2 Å². The zero-order valence-electron chi connectivity index (χ0n) is 11.4. The van der Waals surface area contributed by atoms with E-state index in [4.69, 9.17) is 0 Å². The van der Waals surface area contributed by atoms with Crippen LogP contribution in [0.5, 0.6) is 0 Å². The minimum Gasteiger partial charge on any atom is -0.335 e. The number of hydrogen-bond donors (Lipinski definition) is 0. The van der Waals surface area contributed by atoms with Crippen LogP contribution in [0, 0.1) is 0 Å². The van der Waals surface area contributed by atoms with Crippen LogP contribution in [0.4, 0.5) is 13.2 Å². The van der Waals surface area contributed by atoms with Gasteiger partial charge in [-0.2, -0.15) is 13.2 Å². The molecule has 1 fully saturated rings. The largest absolute Gasteiger partial charge is 0.471 e. The van der Waals surface area contributed by atoms with Crippen LogP contribution in [0.3, 0.4) is 0 Å². The molecule has 1 aliphatic heterocycles. The zero-order valence-corrected chi connectivity index (χ0v) is 11.4. The van der Waals surface area contributed by atoms with Crippen LogP contribution in [-0.4, -0.2) is 30.1 Å². The fourth-order valence-corrected chi connectivity index (χ4v) is 2.62. The number of carbonyl (C=O) groups is 1. The number of likely N-dealkylation sites (tertiary alicyclic amines) is 1. The second-order valence-electron chi connectivity index (χ2n) is 5.16. The highest BCUT2D eigenvalue weighted by atomic mass is 19.4. The van der Waals surface area contributed by atoms with E-state index in [-0.39, 0.29) is 19.0 Å². The zero-order chi connectivity index (χ0) is 14.8. The minimum atomic E-state index is -4.75. The molecule has 0 aliphatic carbocycles. The van der Waals surface area contributed by atoms with E-state index in [1.54, 1.807) is 0 Å². The lowest BCUT2D eigenvalue weighted by Gasteiger charge is -2.32. The molecule has 110 valence electrons. The lowest BCUT2D eigenvalue weighted by molar-refractivity contribution is -0.186. The predicted molar refractivity (Wildman–Crippen MR) is 70.4 cm³/mol. The maximum atomic E-state index is 12.3. The highest BCUT2D eigenvalue weighted by Crippen LogP contribution is 2.30. The van der Waals surface area contributed by atoms with Crippen LogP contribution in [0.1, 0.15) is 36.8 Å². The van der Waals surface area contributed by atoms with E-state index in [9.17, 15) is 18.0 Å². The van der Waals surface area contributed by atoms with Crippen molar-refractivity contribution in [3.05, 3.63) is 35.4 Å². The molecular formula is C15H18F3NO. The van der Waals surface area contributed by atoms with Gasteiger partial charge in [0.25, 0.3) is 0 Å². The summed E-state index contributed by atoms with van der Waals surface area (Å²) >= 11 is 0. The van der Waals surface area contributed by atoms with Crippen molar-refractivity contribution >= 4 is 5.91 Å². The summed E-state index contributed by atoms with van der Waals surface area (Å²) in [5, 5.41) is 0. The molecule has 1 aliphatic rings. The van der Waals surface area contributed by atoms with Gasteiger partial charge >= 0.3 is 12.1 Å². The molecule has 0 atom stereocenters. The number of aryl methyl sites for hydroxylation is 1. The van der Waals surface area contributed by atoms with Crippen molar-refractivity contribution in [2.24, 2.45) is 0 Å². The van der Waals surface area contributed by atoms with Crippen molar-refractivity contribution in [2.75, 3.05) is 13.1 Å². The Hall–Kier alpha value is -1.52. The Morgan fingerprint density at radius 3 is 2.20 bits per heavy atom. The third-order valence-corrected chi connectivity index (χ3v) is 3.88. The molecule has 1 aromatic rings. The number of hydrogen-bond acceptors (Lipinski definition) is 1. The first kappa shape index (κ1) is 14.9. The molecular weight excluding hydrogens is 267 g/mol. The highest BCUT2D eigenvalue weighted by molar-refractivity contribution is 5.81. The highest BCUT2D eigenvalue weighted by Gasteiger charge is 2.43. The average Bonchev–Trinajstić information content (AvgIpc) is 2.46. The molecule has 20 heavy (non-hydrogen) atoms. The molecule has 0 bridgehead atoms. The number of benzene rings is 1. The standard InChI is InChI=1S/C15H18F3NO/c1-2-11-3-5-12(6-4-11)13-7-9-19(10-8-13)14(20)15(16,17)18/h3-6,13H,2,7-10H2,1H3. The van der Waals surface area contributed by atoms with Gasteiger partial charge in [-0.15, -0.1) is 0 Å². The van der Waals surface area contributed by atoms with E-state index in [0.717, 1.165) is 16.9 Å². The van der Waals surface area contributed by atoms with E-state index >= 15 is 0 Å². The monoisotopic (exact) mass is 285 g/mol. The van der Waals surface area contributed by atoms with Gasteiger partial charge in [-0.25, -0.2) is 0 Å². The summed E-state index contributed by atoms with van der Waals surface area (Å²) in [4.78, 5) is 12.1. The Labute approximate surface area is 116 Å². The first-order chi connectivity index (χ1) is 9.41. The predicted octanol–water partition coefficient (Wildman–Crippen LogP) is 3.52. The number of nitrogens with zero attached hydrogens (tertiary/aromatic N) is 1. The van der Waals surface area contributed by atoms with Gasteiger partial charge in [-0.05, 0) is 36.3 Å². The number of halogens is 3. The lowest BCUT2D eigenvalue weighted by Crippen LogP contribution is -2.45. The van der Waals surface area contributed by atoms with E-state index < -0.39 is 12.1 Å². The Morgan fingerprint density at radius 1 is 1.20 bits per heavy atom. The molecule has 0 saturated carbocycles. The molecule has 1 aromatic carbocycles. The maximum Gasteiger partial charge on any atom is 0.471 e. The quantitative estimate of drug-likeness (QED) is 0.814. The van der Waals surface area contributed by atoms with Gasteiger partial charge in [-0.3, -0.25) is 4.79 Å². The summed E-state index contributed by atoms with van der Waals surface area (Å²) in [7, 11) is 0. The Morgan fingerprint density at radius 2 is 1.75 bits per heavy atom. The van der Waals surface area contributed by atoms with Gasteiger partial charge in [0.2, 0.25) is 0 Å². The third-order valence-electron chi connectivity index (χ3n) is 3.88. The lowest BCUT2D eigenvalue weighted by atomic mass is 9.89. The average molecular weight is 285 g/mol. The molecule has 0 spiro atoms. The minimum absolute atomic E-state index is 0.179. The Kier molecular flexibility index (Phi) is 4.35. The van der Waals surface area contributed by atoms with Crippen LogP contribution in [0.15, 0.2) is 24.3 Å². The van der Waals surface area contributed by atoms with Gasteiger partial charge in [0.05, 0.1) is 0 Å². The molecule has 1 amide bonds. The molecule has 5 heteroatoms. The summed E-state index contributed by atoms with van der Waals surface area (Å²) < 4.78 is 37.0. The normalized spacial score (nSPS) is 17.3. The number of alkyl halides is 3. The van der Waals surface area contributed by atoms with Crippen molar-refractivity contribution in [3.63, 3.8) is 0 Å². The molecule has 0 unspecified atom stereocenters. The Balaban J connectivity index is 1.95. The molecule has 1 heterocycles. The number of rotatable bonds is 2. The topological polar surface area (TPSA) is 20.3 Å². The summed E-state index contributed by atoms with van der Waals surface area (Å²) in [6.07, 6.45) is -2.60. The van der Waals surface area contributed by atoms with Crippen LogP contribution in [0.25, 0.3) is 0 Å². The van der Waals surface area contributed by atoms with Crippen molar-refractivity contribution in [3.8, 4) is 0 Å². The van der Waals surface area contributed by atoms with E-state index in [2.05, 4.69) is 19.1 Å². The molecule has 2 nitrogen and oxygen atoms in total. The number of carbonyl (C=O) groups excluding carboxylic acids is 1. The van der Waals surface area contributed by atoms with Crippen molar-refractivity contribution in [2.45, 2.75) is 38.3 Å². The molecule has 1 saturated heterocycles. The van der Waals surface area contributed by atoms with Crippen molar-refractivity contribution < 1.29 is 18.0 Å². The van der Waals surface area contributed by atoms with Crippen LogP contribution < -0.4 is 0 Å². The maximum absolute atomic E-state index is 12.3. The number of piperidine rings is 1. The SMILES string of the molecule is CCc1ccc(C2CCN(C(=O)C(F)(F)F)CC2)cc1. The van der Waals surface area contributed by atoms with Gasteiger partial charge < -0.3 is 4.90 Å².